The molecule has 1 amide bonds. The Hall–Kier alpha value is -0.780. The molecule has 1 aromatic rings. The van der Waals surface area contributed by atoms with E-state index in [9.17, 15) is 4.79 Å². The molecule has 1 unspecified atom stereocenters. The highest BCUT2D eigenvalue weighted by Crippen LogP contribution is 2.27. The van der Waals surface area contributed by atoms with Gasteiger partial charge in [-0.05, 0) is 64.4 Å². The Morgan fingerprint density at radius 2 is 2.22 bits per heavy atom. The number of likely N-dealkylation sites (tertiary alicyclic amines) is 1. The smallest absolute Gasteiger partial charge is 0.257 e. The predicted molar refractivity (Wildman–Crippen MR) is 99.7 cm³/mol. The van der Waals surface area contributed by atoms with Gasteiger partial charge in [-0.25, -0.2) is 0 Å². The second-order valence-corrected chi connectivity index (χ2v) is 7.04. The minimum Gasteiger partial charge on any atom is -0.490 e. The summed E-state index contributed by atoms with van der Waals surface area (Å²) >= 11 is 3.45. The zero-order valence-corrected chi connectivity index (χ0v) is 16.4. The van der Waals surface area contributed by atoms with E-state index in [4.69, 9.17) is 4.74 Å². The highest BCUT2D eigenvalue weighted by atomic mass is 79.9. The van der Waals surface area contributed by atoms with Crippen LogP contribution in [0.4, 0.5) is 0 Å². The Labute approximate surface area is 153 Å². The summed E-state index contributed by atoms with van der Waals surface area (Å²) in [5.74, 6) is 1.27. The number of ether oxygens (including phenoxy) is 1. The molecular weight excluding hydrogens is 380 g/mol. The van der Waals surface area contributed by atoms with E-state index >= 15 is 0 Å². The van der Waals surface area contributed by atoms with Crippen molar-refractivity contribution in [1.82, 2.24) is 10.2 Å². The zero-order valence-electron chi connectivity index (χ0n) is 14.0. The van der Waals surface area contributed by atoms with Crippen LogP contribution >= 0.6 is 28.3 Å². The number of carbonyl (C=O) groups is 1. The van der Waals surface area contributed by atoms with Gasteiger partial charge in [-0.1, -0.05) is 15.9 Å². The van der Waals surface area contributed by atoms with E-state index in [0.717, 1.165) is 30.5 Å². The number of hydrogen-bond acceptors (Lipinski definition) is 3. The molecule has 2 rings (SSSR count). The third-order valence-corrected chi connectivity index (χ3v) is 4.33. The number of nitrogens with zero attached hydrogens (tertiary/aromatic N) is 1. The Morgan fingerprint density at radius 3 is 2.87 bits per heavy atom. The quantitative estimate of drug-likeness (QED) is 0.811. The van der Waals surface area contributed by atoms with Gasteiger partial charge >= 0.3 is 0 Å². The van der Waals surface area contributed by atoms with Crippen LogP contribution in [0.5, 0.6) is 5.75 Å². The lowest BCUT2D eigenvalue weighted by molar-refractivity contribution is 0.0668. The van der Waals surface area contributed by atoms with E-state index in [1.807, 2.05) is 44.0 Å². The highest BCUT2D eigenvalue weighted by Gasteiger charge is 2.26. The van der Waals surface area contributed by atoms with E-state index in [2.05, 4.69) is 21.2 Å². The van der Waals surface area contributed by atoms with Crippen LogP contribution in [-0.2, 0) is 0 Å². The normalized spacial score (nSPS) is 17.8. The Balaban J connectivity index is 0.00000264. The lowest BCUT2D eigenvalue weighted by atomic mass is 9.97. The van der Waals surface area contributed by atoms with Crippen molar-refractivity contribution in [3.8, 4) is 5.75 Å². The molecule has 1 aromatic carbocycles. The van der Waals surface area contributed by atoms with Crippen molar-refractivity contribution in [2.24, 2.45) is 5.92 Å². The number of amides is 1. The number of nitrogens with one attached hydrogen (secondary N) is 1. The maximum atomic E-state index is 12.9. The van der Waals surface area contributed by atoms with Crippen molar-refractivity contribution in [3.63, 3.8) is 0 Å². The van der Waals surface area contributed by atoms with E-state index < -0.39 is 0 Å². The lowest BCUT2D eigenvalue weighted by Gasteiger charge is -2.33. The molecule has 1 heterocycles. The molecule has 0 aliphatic carbocycles. The van der Waals surface area contributed by atoms with Crippen LogP contribution in [0.2, 0.25) is 0 Å². The van der Waals surface area contributed by atoms with Crippen LogP contribution in [0, 0.1) is 5.92 Å². The van der Waals surface area contributed by atoms with Crippen molar-refractivity contribution in [1.29, 1.82) is 0 Å². The van der Waals surface area contributed by atoms with Gasteiger partial charge in [0.15, 0.2) is 0 Å². The van der Waals surface area contributed by atoms with Crippen molar-refractivity contribution in [2.45, 2.75) is 32.8 Å². The number of halogens is 2. The van der Waals surface area contributed by atoms with E-state index in [1.54, 1.807) is 0 Å². The number of rotatable bonds is 5. The predicted octanol–water partition coefficient (Wildman–Crippen LogP) is 3.73. The third-order valence-electron chi connectivity index (χ3n) is 3.84. The van der Waals surface area contributed by atoms with Gasteiger partial charge in [-0.3, -0.25) is 4.79 Å². The first-order valence-electron chi connectivity index (χ1n) is 7.91. The fraction of sp³-hybridized carbons (Fsp3) is 0.588. The molecule has 6 heteroatoms. The highest BCUT2D eigenvalue weighted by molar-refractivity contribution is 9.10. The summed E-state index contributed by atoms with van der Waals surface area (Å²) in [6.07, 6.45) is 2.29. The molecule has 0 bridgehead atoms. The molecule has 1 N–H and O–H groups in total. The van der Waals surface area contributed by atoms with E-state index in [1.165, 1.54) is 6.42 Å². The molecule has 0 aromatic heterocycles. The minimum atomic E-state index is 0. The van der Waals surface area contributed by atoms with Crippen molar-refractivity contribution in [3.05, 3.63) is 28.2 Å². The molecule has 130 valence electrons. The summed E-state index contributed by atoms with van der Waals surface area (Å²) in [5.41, 5.74) is 0.655. The fourth-order valence-electron chi connectivity index (χ4n) is 2.90. The Bertz CT molecular complexity index is 523. The first-order chi connectivity index (χ1) is 10.5. The van der Waals surface area contributed by atoms with Crippen LogP contribution in [0.3, 0.4) is 0 Å². The van der Waals surface area contributed by atoms with Crippen LogP contribution in [0.15, 0.2) is 22.7 Å². The first-order valence-corrected chi connectivity index (χ1v) is 8.70. The van der Waals surface area contributed by atoms with Gasteiger partial charge < -0.3 is 15.0 Å². The Morgan fingerprint density at radius 1 is 1.48 bits per heavy atom. The lowest BCUT2D eigenvalue weighted by Crippen LogP contribution is -2.42. The molecule has 1 fully saturated rings. The second kappa shape index (κ2) is 9.50. The fourth-order valence-corrected chi connectivity index (χ4v) is 3.24. The van der Waals surface area contributed by atoms with Crippen molar-refractivity contribution < 1.29 is 9.53 Å². The molecule has 1 aliphatic rings. The summed E-state index contributed by atoms with van der Waals surface area (Å²) < 4.78 is 6.75. The molecule has 0 saturated carbocycles. The van der Waals surface area contributed by atoms with E-state index in [0.29, 0.717) is 17.2 Å². The molecule has 4 nitrogen and oxygen atoms in total. The number of hydrogen-bond donors (Lipinski definition) is 1. The monoisotopic (exact) mass is 404 g/mol. The largest absolute Gasteiger partial charge is 0.490 e. The van der Waals surface area contributed by atoms with Gasteiger partial charge in [-0.15, -0.1) is 12.4 Å². The van der Waals surface area contributed by atoms with Gasteiger partial charge in [0, 0.05) is 17.6 Å². The second-order valence-electron chi connectivity index (χ2n) is 6.12. The average molecular weight is 406 g/mol. The molecule has 0 radical (unpaired) electrons. The molecule has 0 spiro atoms. The minimum absolute atomic E-state index is 0. The van der Waals surface area contributed by atoms with Crippen LogP contribution in [-0.4, -0.2) is 43.6 Å². The van der Waals surface area contributed by atoms with Gasteiger partial charge in [0.1, 0.15) is 5.75 Å². The van der Waals surface area contributed by atoms with Crippen LogP contribution < -0.4 is 10.1 Å². The molecule has 1 saturated heterocycles. The number of piperidine rings is 1. The maximum absolute atomic E-state index is 12.9. The molecular formula is C17H26BrClN2O2. The zero-order chi connectivity index (χ0) is 16.1. The molecule has 23 heavy (non-hydrogen) atoms. The topological polar surface area (TPSA) is 41.6 Å². The Kier molecular flexibility index (Phi) is 8.37. The summed E-state index contributed by atoms with van der Waals surface area (Å²) in [6.45, 7) is 6.55. The van der Waals surface area contributed by atoms with Crippen molar-refractivity contribution in [2.75, 3.05) is 26.7 Å². The summed E-state index contributed by atoms with van der Waals surface area (Å²) in [7, 11) is 1.96. The summed E-state index contributed by atoms with van der Waals surface area (Å²) in [5, 5.41) is 3.21. The van der Waals surface area contributed by atoms with Gasteiger partial charge in [0.2, 0.25) is 0 Å². The first kappa shape index (κ1) is 20.3. The summed E-state index contributed by atoms with van der Waals surface area (Å²) in [6, 6.07) is 5.63. The van der Waals surface area contributed by atoms with Crippen LogP contribution in [0.1, 0.15) is 37.0 Å². The maximum Gasteiger partial charge on any atom is 0.257 e. The standard InChI is InChI=1S/C17H25BrN2O2.ClH/c1-12(2)22-16-9-14(18)6-7-15(16)17(21)20-8-4-5-13(11-20)10-19-3;/h6-7,9,12-13,19H,4-5,8,10-11H2,1-3H3;1H. The summed E-state index contributed by atoms with van der Waals surface area (Å²) in [4.78, 5) is 14.8. The van der Waals surface area contributed by atoms with Gasteiger partial charge in [0.05, 0.1) is 11.7 Å². The molecule has 1 aliphatic heterocycles. The van der Waals surface area contributed by atoms with E-state index in [-0.39, 0.29) is 24.4 Å². The van der Waals surface area contributed by atoms with Crippen molar-refractivity contribution >= 4 is 34.2 Å². The van der Waals surface area contributed by atoms with Crippen LogP contribution in [0.25, 0.3) is 0 Å². The number of benzene rings is 1. The number of carbonyl (C=O) groups excluding carboxylic acids is 1. The van der Waals surface area contributed by atoms with Gasteiger partial charge in [-0.2, -0.15) is 0 Å². The SMILES string of the molecule is CNCC1CCCN(C(=O)c2ccc(Br)cc2OC(C)C)C1.Cl. The van der Waals surface area contributed by atoms with Gasteiger partial charge in [0.25, 0.3) is 5.91 Å². The molecule has 1 atom stereocenters. The third kappa shape index (κ3) is 5.66. The average Bonchev–Trinajstić information content (AvgIpc) is 2.47.